The number of hydrogen-bond acceptors (Lipinski definition) is 10. The van der Waals surface area contributed by atoms with Gasteiger partial charge in [-0.15, -0.1) is 0 Å². The fourth-order valence-corrected chi connectivity index (χ4v) is 5.46. The molecule has 0 bridgehead atoms. The number of carbonyl (C=O) groups excluding carboxylic acids is 1. The molecule has 0 saturated carbocycles. The Hall–Kier alpha value is -5.06. The predicted octanol–water partition coefficient (Wildman–Crippen LogP) is 5.75. The second-order valence-electron chi connectivity index (χ2n) is 11.7. The van der Waals surface area contributed by atoms with Gasteiger partial charge in [0.25, 0.3) is 5.88 Å². The molecular formula is C35H39F4N7O5. The molecule has 1 fully saturated rings. The summed E-state index contributed by atoms with van der Waals surface area (Å²) in [6.45, 7) is 6.46. The van der Waals surface area contributed by atoms with E-state index in [1.54, 1.807) is 25.0 Å². The van der Waals surface area contributed by atoms with Crippen LogP contribution in [0.1, 0.15) is 29.3 Å². The maximum atomic E-state index is 15.1. The summed E-state index contributed by atoms with van der Waals surface area (Å²) in [6, 6.07) is 9.51. The lowest BCUT2D eigenvalue weighted by molar-refractivity contribution is -0.138. The molecule has 0 spiro atoms. The summed E-state index contributed by atoms with van der Waals surface area (Å²) in [5, 5.41) is 13.8. The number of piperazine rings is 1. The lowest BCUT2D eigenvalue weighted by Gasteiger charge is -2.34. The van der Waals surface area contributed by atoms with Crippen molar-refractivity contribution in [2.24, 2.45) is 0 Å². The molecule has 272 valence electrons. The summed E-state index contributed by atoms with van der Waals surface area (Å²) >= 11 is 0. The first kappa shape index (κ1) is 37.2. The summed E-state index contributed by atoms with van der Waals surface area (Å²) in [5.41, 5.74) is -0.0194. The molecule has 1 aliphatic heterocycles. The SMILES string of the molecule is CCOc1cc(-c2ncc(NC(=O)Nc3cc(C(F)(F)F)c(CN4CCN(CCO)CC4)cc3F)c(C)n2)cnc1OCc1ccc(OC)cc1. The van der Waals surface area contributed by atoms with Crippen molar-refractivity contribution >= 4 is 17.4 Å². The zero-order valence-electron chi connectivity index (χ0n) is 28.4. The number of methoxy groups -OCH3 is 1. The minimum Gasteiger partial charge on any atom is -0.497 e. The molecule has 4 aromatic rings. The third kappa shape index (κ3) is 9.80. The van der Waals surface area contributed by atoms with Gasteiger partial charge < -0.3 is 30.0 Å². The molecule has 1 aliphatic rings. The Balaban J connectivity index is 1.25. The maximum Gasteiger partial charge on any atom is 0.416 e. The van der Waals surface area contributed by atoms with Crippen LogP contribution in [-0.4, -0.2) is 88.9 Å². The molecule has 51 heavy (non-hydrogen) atoms. The number of aromatic nitrogens is 3. The van der Waals surface area contributed by atoms with Crippen LogP contribution < -0.4 is 24.8 Å². The Morgan fingerprint density at radius 1 is 0.961 bits per heavy atom. The van der Waals surface area contributed by atoms with Crippen molar-refractivity contribution in [3.8, 4) is 28.8 Å². The fraction of sp³-hybridized carbons (Fsp3) is 0.371. The fourth-order valence-electron chi connectivity index (χ4n) is 5.46. The number of nitrogens with one attached hydrogen (secondary N) is 2. The van der Waals surface area contributed by atoms with Crippen molar-refractivity contribution in [3.63, 3.8) is 0 Å². The van der Waals surface area contributed by atoms with Gasteiger partial charge >= 0.3 is 12.2 Å². The molecule has 2 aromatic heterocycles. The molecule has 0 unspecified atom stereocenters. The van der Waals surface area contributed by atoms with E-state index in [1.807, 2.05) is 36.1 Å². The molecule has 2 aromatic carbocycles. The van der Waals surface area contributed by atoms with E-state index in [4.69, 9.17) is 19.3 Å². The number of ether oxygens (including phenoxy) is 3. The number of carbonyl (C=O) groups is 1. The minimum atomic E-state index is -4.79. The molecule has 3 heterocycles. The predicted molar refractivity (Wildman–Crippen MR) is 181 cm³/mol. The second-order valence-corrected chi connectivity index (χ2v) is 11.7. The Kier molecular flexibility index (Phi) is 12.2. The molecule has 5 rings (SSSR count). The number of pyridine rings is 1. The molecular weight excluding hydrogens is 674 g/mol. The number of rotatable bonds is 13. The number of nitrogens with zero attached hydrogens (tertiary/aromatic N) is 5. The molecule has 16 heteroatoms. The van der Waals surface area contributed by atoms with Gasteiger partial charge in [-0.05, 0) is 55.3 Å². The van der Waals surface area contributed by atoms with Crippen LogP contribution in [0.2, 0.25) is 0 Å². The first-order valence-corrected chi connectivity index (χ1v) is 16.2. The lowest BCUT2D eigenvalue weighted by Crippen LogP contribution is -2.46. The number of halogens is 4. The first-order valence-electron chi connectivity index (χ1n) is 16.2. The van der Waals surface area contributed by atoms with E-state index in [1.165, 1.54) is 12.4 Å². The summed E-state index contributed by atoms with van der Waals surface area (Å²) in [5.74, 6) is 0.626. The molecule has 0 aliphatic carbocycles. The molecule has 3 N–H and O–H groups in total. The van der Waals surface area contributed by atoms with E-state index >= 15 is 4.39 Å². The number of β-amino-alcohol motifs (C(OH)–C–C–N with tert-alkyl or cyclic N) is 1. The quantitative estimate of drug-likeness (QED) is 0.147. The van der Waals surface area contributed by atoms with Crippen molar-refractivity contribution in [2.45, 2.75) is 33.2 Å². The van der Waals surface area contributed by atoms with E-state index in [0.29, 0.717) is 62.4 Å². The van der Waals surface area contributed by atoms with Crippen LogP contribution in [0, 0.1) is 12.7 Å². The third-order valence-corrected chi connectivity index (χ3v) is 8.16. The Morgan fingerprint density at radius 2 is 1.67 bits per heavy atom. The maximum absolute atomic E-state index is 15.1. The van der Waals surface area contributed by atoms with Gasteiger partial charge in [0.15, 0.2) is 11.6 Å². The lowest BCUT2D eigenvalue weighted by atomic mass is 10.0. The number of hydrogen-bond donors (Lipinski definition) is 3. The largest absolute Gasteiger partial charge is 0.497 e. The monoisotopic (exact) mass is 713 g/mol. The van der Waals surface area contributed by atoms with Gasteiger partial charge in [-0.25, -0.2) is 24.1 Å². The molecule has 2 amide bonds. The number of benzene rings is 2. The van der Waals surface area contributed by atoms with E-state index in [2.05, 4.69) is 25.6 Å². The average molecular weight is 714 g/mol. The summed E-state index contributed by atoms with van der Waals surface area (Å²) in [7, 11) is 1.59. The normalized spacial score (nSPS) is 13.9. The highest BCUT2D eigenvalue weighted by Gasteiger charge is 2.35. The van der Waals surface area contributed by atoms with Crippen molar-refractivity contribution < 1.29 is 41.7 Å². The van der Waals surface area contributed by atoms with Crippen molar-refractivity contribution in [3.05, 3.63) is 83.1 Å². The smallest absolute Gasteiger partial charge is 0.416 e. The van der Waals surface area contributed by atoms with Crippen molar-refractivity contribution in [1.29, 1.82) is 0 Å². The second kappa shape index (κ2) is 16.8. The molecule has 0 radical (unpaired) electrons. The number of amides is 2. The number of anilines is 2. The number of aliphatic hydroxyl groups excluding tert-OH is 1. The van der Waals surface area contributed by atoms with Crippen LogP contribution in [0.15, 0.2) is 54.9 Å². The zero-order valence-corrected chi connectivity index (χ0v) is 28.4. The Labute approximate surface area is 292 Å². The number of aryl methyl sites for hydroxylation is 1. The Bertz CT molecular complexity index is 1800. The Morgan fingerprint density at radius 3 is 2.31 bits per heavy atom. The number of urea groups is 1. The third-order valence-electron chi connectivity index (χ3n) is 8.16. The van der Waals surface area contributed by atoms with Crippen LogP contribution in [0.3, 0.4) is 0 Å². The molecule has 0 atom stereocenters. The van der Waals surface area contributed by atoms with Crippen LogP contribution in [0.25, 0.3) is 11.4 Å². The van der Waals surface area contributed by atoms with Crippen LogP contribution in [-0.2, 0) is 19.3 Å². The highest BCUT2D eigenvalue weighted by atomic mass is 19.4. The summed E-state index contributed by atoms with van der Waals surface area (Å²) in [4.78, 5) is 29.8. The standard InChI is InChI=1S/C35H39F4N7O5/c1-4-50-31-16-24(18-41-33(31)51-21-23-5-7-26(49-3)8-6-23)32-40-19-30(22(2)42-32)44-34(48)43-29-17-27(35(37,38)39)25(15-28(29)36)20-46-11-9-45(10-12-46)13-14-47/h5-8,15-19,47H,4,9-14,20-21H2,1-3H3,(H2,43,44,48). The van der Waals surface area contributed by atoms with Crippen molar-refractivity contribution in [1.82, 2.24) is 24.8 Å². The van der Waals surface area contributed by atoms with Crippen LogP contribution in [0.5, 0.6) is 17.4 Å². The number of aliphatic hydroxyl groups is 1. The van der Waals surface area contributed by atoms with E-state index in [-0.39, 0.29) is 42.7 Å². The van der Waals surface area contributed by atoms with Gasteiger partial charge in [0.2, 0.25) is 0 Å². The zero-order chi connectivity index (χ0) is 36.5. The first-order chi connectivity index (χ1) is 24.5. The van der Waals surface area contributed by atoms with Gasteiger partial charge in [0, 0.05) is 51.0 Å². The highest BCUT2D eigenvalue weighted by molar-refractivity contribution is 6.00. The summed E-state index contributed by atoms with van der Waals surface area (Å²) in [6.07, 6.45) is -1.94. The molecule has 1 saturated heterocycles. The average Bonchev–Trinajstić information content (AvgIpc) is 3.10. The van der Waals surface area contributed by atoms with Crippen LogP contribution in [0.4, 0.5) is 33.7 Å². The van der Waals surface area contributed by atoms with Gasteiger partial charge in [0.05, 0.1) is 49.2 Å². The van der Waals surface area contributed by atoms with Gasteiger partial charge in [-0.2, -0.15) is 13.2 Å². The number of alkyl halides is 3. The van der Waals surface area contributed by atoms with Crippen molar-refractivity contribution in [2.75, 3.05) is 63.7 Å². The van der Waals surface area contributed by atoms with Gasteiger partial charge in [-0.3, -0.25) is 9.80 Å². The minimum absolute atomic E-state index is 0.00489. The topological polar surface area (TPSA) is 134 Å². The van der Waals surface area contributed by atoms with E-state index < -0.39 is 29.3 Å². The summed E-state index contributed by atoms with van der Waals surface area (Å²) < 4.78 is 74.1. The van der Waals surface area contributed by atoms with E-state index in [0.717, 1.165) is 17.4 Å². The highest BCUT2D eigenvalue weighted by Crippen LogP contribution is 2.36. The van der Waals surface area contributed by atoms with E-state index in [9.17, 15) is 18.0 Å². The van der Waals surface area contributed by atoms with Crippen LogP contribution >= 0.6 is 0 Å². The van der Waals surface area contributed by atoms with Gasteiger partial charge in [-0.1, -0.05) is 12.1 Å². The molecule has 12 nitrogen and oxygen atoms in total. The van der Waals surface area contributed by atoms with Gasteiger partial charge in [0.1, 0.15) is 18.2 Å².